The van der Waals surface area contributed by atoms with Gasteiger partial charge in [-0.3, -0.25) is 0 Å². The van der Waals surface area contributed by atoms with Crippen molar-refractivity contribution in [1.29, 1.82) is 0 Å². The molecule has 0 N–H and O–H groups in total. The highest BCUT2D eigenvalue weighted by Gasteiger charge is 2.11. The summed E-state index contributed by atoms with van der Waals surface area (Å²) >= 11 is 9.13. The van der Waals surface area contributed by atoms with E-state index < -0.39 is 0 Å². The van der Waals surface area contributed by atoms with Crippen molar-refractivity contribution in [3.8, 4) is 0 Å². The maximum absolute atomic E-state index is 13.7. The lowest BCUT2D eigenvalue weighted by molar-refractivity contribution is 0.534. The zero-order chi connectivity index (χ0) is 13.4. The van der Waals surface area contributed by atoms with E-state index >= 15 is 0 Å². The molecule has 0 bridgehead atoms. The van der Waals surface area contributed by atoms with Crippen LogP contribution in [0.2, 0.25) is 5.02 Å². The lowest BCUT2D eigenvalue weighted by atomic mass is 10.1. The summed E-state index contributed by atoms with van der Waals surface area (Å²) in [5.74, 6) is 0.122. The first-order valence-corrected chi connectivity index (χ1v) is 6.78. The first-order valence-electron chi connectivity index (χ1n) is 5.61. The van der Waals surface area contributed by atoms with Crippen LogP contribution in [0, 0.1) is 5.82 Å². The molecule has 0 saturated heterocycles. The molecule has 3 aromatic rings. The van der Waals surface area contributed by atoms with Gasteiger partial charge in [0.25, 0.3) is 0 Å². The Labute approximate surface area is 122 Å². The topological polar surface area (TPSA) is 26.0 Å². The first kappa shape index (κ1) is 12.6. The second kappa shape index (κ2) is 4.94. The van der Waals surface area contributed by atoms with E-state index in [1.54, 1.807) is 12.1 Å². The molecule has 0 atom stereocenters. The van der Waals surface area contributed by atoms with Crippen LogP contribution < -0.4 is 0 Å². The minimum atomic E-state index is -0.353. The Kier molecular flexibility index (Phi) is 3.29. The maximum Gasteiger partial charge on any atom is 0.200 e. The summed E-state index contributed by atoms with van der Waals surface area (Å²) in [6.45, 7) is 0. The average molecular weight is 341 g/mol. The first-order chi connectivity index (χ1) is 9.13. The molecule has 2 nitrogen and oxygen atoms in total. The van der Waals surface area contributed by atoms with Gasteiger partial charge in [-0.05, 0) is 45.8 Å². The Balaban J connectivity index is 1.99. The highest BCUT2D eigenvalue weighted by atomic mass is 79.9. The number of rotatable bonds is 2. The lowest BCUT2D eigenvalue weighted by Gasteiger charge is -2.00. The van der Waals surface area contributed by atoms with Crippen LogP contribution in [-0.4, -0.2) is 4.98 Å². The molecule has 1 heterocycles. The molecule has 19 heavy (non-hydrogen) atoms. The van der Waals surface area contributed by atoms with E-state index in [1.807, 2.05) is 18.2 Å². The van der Waals surface area contributed by atoms with E-state index in [1.165, 1.54) is 6.07 Å². The van der Waals surface area contributed by atoms with Crippen LogP contribution in [0.3, 0.4) is 0 Å². The summed E-state index contributed by atoms with van der Waals surface area (Å²) in [5, 5.41) is 0.376. The van der Waals surface area contributed by atoms with Gasteiger partial charge < -0.3 is 4.42 Å². The van der Waals surface area contributed by atoms with Crippen LogP contribution in [0.4, 0.5) is 4.39 Å². The zero-order valence-electron chi connectivity index (χ0n) is 9.66. The van der Waals surface area contributed by atoms with Crippen molar-refractivity contribution >= 4 is 38.6 Å². The molecule has 0 aliphatic heterocycles. The van der Waals surface area contributed by atoms with Crippen molar-refractivity contribution in [2.24, 2.45) is 0 Å². The van der Waals surface area contributed by atoms with Crippen LogP contribution in [0.1, 0.15) is 11.5 Å². The van der Waals surface area contributed by atoms with Crippen molar-refractivity contribution < 1.29 is 8.81 Å². The predicted molar refractivity (Wildman–Crippen MR) is 75.9 cm³/mol. The Morgan fingerprint density at radius 1 is 1.26 bits per heavy atom. The third-order valence-electron chi connectivity index (χ3n) is 2.77. The smallest absolute Gasteiger partial charge is 0.200 e. The van der Waals surface area contributed by atoms with Gasteiger partial charge in [-0.25, -0.2) is 9.37 Å². The summed E-state index contributed by atoms with van der Waals surface area (Å²) < 4.78 is 20.2. The third-order valence-corrected chi connectivity index (χ3v) is 3.65. The highest BCUT2D eigenvalue weighted by molar-refractivity contribution is 9.10. The van der Waals surface area contributed by atoms with E-state index in [0.717, 1.165) is 9.99 Å². The second-order valence-corrected chi connectivity index (χ2v) is 5.40. The van der Waals surface area contributed by atoms with Crippen LogP contribution in [0.5, 0.6) is 0 Å². The van der Waals surface area contributed by atoms with Gasteiger partial charge in [-0.2, -0.15) is 0 Å². The Morgan fingerprint density at radius 2 is 2.11 bits per heavy atom. The standard InChI is InChI=1S/C14H8BrClFNO/c15-10-2-1-3-12-14(10)18-13(19-12)6-8-4-5-9(16)7-11(8)17/h1-5,7H,6H2. The summed E-state index contributed by atoms with van der Waals surface area (Å²) in [4.78, 5) is 4.36. The summed E-state index contributed by atoms with van der Waals surface area (Å²) in [6.07, 6.45) is 0.296. The lowest BCUT2D eigenvalue weighted by Crippen LogP contribution is -1.92. The van der Waals surface area contributed by atoms with E-state index in [2.05, 4.69) is 20.9 Å². The molecule has 0 unspecified atom stereocenters. The summed E-state index contributed by atoms with van der Waals surface area (Å²) in [6, 6.07) is 10.2. The molecule has 0 aliphatic rings. The van der Waals surface area contributed by atoms with Gasteiger partial charge in [0.15, 0.2) is 11.5 Å². The van der Waals surface area contributed by atoms with Gasteiger partial charge in [-0.15, -0.1) is 0 Å². The molecule has 96 valence electrons. The number of oxazole rings is 1. The number of fused-ring (bicyclic) bond motifs is 1. The fraction of sp³-hybridized carbons (Fsp3) is 0.0714. The Hall–Kier alpha value is -1.39. The van der Waals surface area contributed by atoms with Gasteiger partial charge in [0.1, 0.15) is 11.3 Å². The van der Waals surface area contributed by atoms with E-state index in [-0.39, 0.29) is 5.82 Å². The fourth-order valence-corrected chi connectivity index (χ4v) is 2.46. The van der Waals surface area contributed by atoms with E-state index in [9.17, 15) is 4.39 Å². The molecular formula is C14H8BrClFNO. The van der Waals surface area contributed by atoms with E-state index in [0.29, 0.717) is 28.5 Å². The van der Waals surface area contributed by atoms with Crippen molar-refractivity contribution in [3.63, 3.8) is 0 Å². The third kappa shape index (κ3) is 2.51. The average Bonchev–Trinajstić information content (AvgIpc) is 2.77. The molecule has 0 aliphatic carbocycles. The number of hydrogen-bond donors (Lipinski definition) is 0. The molecule has 0 fully saturated rings. The minimum Gasteiger partial charge on any atom is -0.440 e. The second-order valence-electron chi connectivity index (χ2n) is 4.11. The molecule has 0 radical (unpaired) electrons. The molecular weight excluding hydrogens is 333 g/mol. The molecule has 5 heteroatoms. The van der Waals surface area contributed by atoms with Gasteiger partial charge in [0.2, 0.25) is 0 Å². The SMILES string of the molecule is Fc1cc(Cl)ccc1Cc1nc2c(Br)cccc2o1. The van der Waals surface area contributed by atoms with E-state index in [4.69, 9.17) is 16.0 Å². The van der Waals surface area contributed by atoms with Crippen molar-refractivity contribution in [1.82, 2.24) is 4.98 Å². The largest absolute Gasteiger partial charge is 0.440 e. The minimum absolute atomic E-state index is 0.296. The molecule has 0 saturated carbocycles. The van der Waals surface area contributed by atoms with Gasteiger partial charge in [-0.1, -0.05) is 23.7 Å². The van der Waals surface area contributed by atoms with Gasteiger partial charge >= 0.3 is 0 Å². The molecule has 2 aromatic carbocycles. The quantitative estimate of drug-likeness (QED) is 0.658. The van der Waals surface area contributed by atoms with Crippen molar-refractivity contribution in [2.45, 2.75) is 6.42 Å². The highest BCUT2D eigenvalue weighted by Crippen LogP contribution is 2.25. The monoisotopic (exact) mass is 339 g/mol. The maximum atomic E-state index is 13.7. The Morgan fingerprint density at radius 3 is 2.84 bits per heavy atom. The molecule has 1 aromatic heterocycles. The van der Waals surface area contributed by atoms with Crippen molar-refractivity contribution in [2.75, 3.05) is 0 Å². The summed E-state index contributed by atoms with van der Waals surface area (Å²) in [5.41, 5.74) is 1.93. The number of para-hydroxylation sites is 1. The van der Waals surface area contributed by atoms with Crippen molar-refractivity contribution in [3.05, 3.63) is 63.2 Å². The van der Waals surface area contributed by atoms with Crippen LogP contribution in [0.15, 0.2) is 45.3 Å². The fourth-order valence-electron chi connectivity index (χ4n) is 1.86. The number of hydrogen-bond acceptors (Lipinski definition) is 2. The zero-order valence-corrected chi connectivity index (χ0v) is 12.0. The van der Waals surface area contributed by atoms with Gasteiger partial charge in [0.05, 0.1) is 6.42 Å². The molecule has 0 amide bonds. The number of aromatic nitrogens is 1. The number of nitrogens with zero attached hydrogens (tertiary/aromatic N) is 1. The van der Waals surface area contributed by atoms with Crippen LogP contribution >= 0.6 is 27.5 Å². The predicted octanol–water partition coefficient (Wildman–Crippen LogP) is 4.97. The molecule has 3 rings (SSSR count). The Bertz CT molecular complexity index is 756. The normalized spacial score (nSPS) is 11.1. The number of benzene rings is 2. The number of halogens is 3. The summed E-state index contributed by atoms with van der Waals surface area (Å²) in [7, 11) is 0. The van der Waals surface area contributed by atoms with Crippen LogP contribution in [-0.2, 0) is 6.42 Å². The van der Waals surface area contributed by atoms with Gasteiger partial charge in [0, 0.05) is 9.50 Å². The van der Waals surface area contributed by atoms with Crippen LogP contribution in [0.25, 0.3) is 11.1 Å². The molecule has 0 spiro atoms.